The molecule has 0 aromatic rings. The molecule has 112 valence electrons. The number of rotatable bonds is 7. The van der Waals surface area contributed by atoms with Crippen LogP contribution in [0.3, 0.4) is 0 Å². The molecule has 0 unspecified atom stereocenters. The molecule has 0 spiro atoms. The van der Waals surface area contributed by atoms with E-state index in [2.05, 4.69) is 24.7 Å². The first-order valence-corrected chi connectivity index (χ1v) is 4.92. The van der Waals surface area contributed by atoms with Crippen molar-refractivity contribution in [2.75, 3.05) is 0 Å². The molecule has 0 aliphatic heterocycles. The van der Waals surface area contributed by atoms with Gasteiger partial charge in [0.2, 0.25) is 0 Å². The van der Waals surface area contributed by atoms with Gasteiger partial charge in [0.05, 0.1) is 6.10 Å². The van der Waals surface area contributed by atoms with Crippen LogP contribution in [-0.4, -0.2) is 29.6 Å². The molecule has 2 atom stereocenters. The van der Waals surface area contributed by atoms with E-state index in [9.17, 15) is 9.59 Å². The number of aliphatic hydroxyl groups is 1. The second kappa shape index (κ2) is 30.7. The van der Waals surface area contributed by atoms with Crippen LogP contribution in [0, 0.1) is 20.0 Å². The average molecular weight is 327 g/mol. The van der Waals surface area contributed by atoms with E-state index < -0.39 is 6.10 Å². The molecule has 0 rings (SSSR count). The van der Waals surface area contributed by atoms with Crippen LogP contribution in [0.2, 0.25) is 0 Å². The van der Waals surface area contributed by atoms with Crippen LogP contribution in [-0.2, 0) is 45.4 Å². The zero-order chi connectivity index (χ0) is 16.3. The van der Waals surface area contributed by atoms with E-state index in [4.69, 9.17) is 19.1 Å². The Morgan fingerprint density at radius 1 is 1.20 bits per heavy atom. The van der Waals surface area contributed by atoms with Crippen molar-refractivity contribution in [1.82, 2.24) is 0 Å². The second-order valence-electron chi connectivity index (χ2n) is 3.05. The van der Waals surface area contributed by atoms with E-state index in [1.54, 1.807) is 6.92 Å². The van der Waals surface area contributed by atoms with Crippen LogP contribution in [0.4, 0.5) is 0 Å². The molecule has 7 nitrogen and oxygen atoms in total. The number of ether oxygens (including phenoxy) is 1. The minimum Gasteiger partial charge on any atom is 2.00 e. The third-order valence-corrected chi connectivity index (χ3v) is 1.75. The van der Waals surface area contributed by atoms with Crippen molar-refractivity contribution >= 4 is 12.3 Å². The van der Waals surface area contributed by atoms with E-state index in [-0.39, 0.29) is 29.0 Å². The summed E-state index contributed by atoms with van der Waals surface area (Å²) < 4.78 is 27.0. The standard InChI is InChI=1S/C9H15O4.3CO.Fe/c1-7(13-6-10)4-3-5-9(12)8(2)11;3*1-2;/h7-8,11H,3-5H2,1-2H3;;;;/q-1;;;;+2/t7-,8-;;;;/m1..../s1. The van der Waals surface area contributed by atoms with Crippen molar-refractivity contribution in [1.29, 1.82) is 0 Å². The smallest absolute Gasteiger partial charge is 2.00 e. The summed E-state index contributed by atoms with van der Waals surface area (Å²) in [6.45, 7) is 18.0. The maximum atomic E-state index is 10.9. The Morgan fingerprint density at radius 3 is 1.90 bits per heavy atom. The van der Waals surface area contributed by atoms with Gasteiger partial charge < -0.3 is 14.6 Å². The number of carbonyl (C=O) groups excluding carboxylic acids is 2. The molecule has 8 heteroatoms. The van der Waals surface area contributed by atoms with Gasteiger partial charge >= 0.3 is 51.0 Å². The zero-order valence-corrected chi connectivity index (χ0v) is 12.1. The van der Waals surface area contributed by atoms with E-state index in [1.165, 1.54) is 13.4 Å². The molecule has 0 aromatic heterocycles. The molecule has 0 aliphatic rings. The molecule has 0 heterocycles. The number of carbonyl (C=O) groups is 1. The second-order valence-corrected chi connectivity index (χ2v) is 3.05. The monoisotopic (exact) mass is 327 g/mol. The van der Waals surface area contributed by atoms with Gasteiger partial charge in [-0.05, 0) is 26.7 Å². The first-order valence-electron chi connectivity index (χ1n) is 4.92. The molecule has 0 radical (unpaired) electrons. The minimum atomic E-state index is -0.895. The van der Waals surface area contributed by atoms with E-state index in [0.29, 0.717) is 19.3 Å². The van der Waals surface area contributed by atoms with Crippen LogP contribution >= 0.6 is 0 Å². The minimum absolute atomic E-state index is 0. The molecule has 1 N–H and O–H groups in total. The van der Waals surface area contributed by atoms with Crippen molar-refractivity contribution < 1.29 is 50.5 Å². The van der Waals surface area contributed by atoms with Gasteiger partial charge in [-0.3, -0.25) is 4.79 Å². The molecule has 0 amide bonds. The summed E-state index contributed by atoms with van der Waals surface area (Å²) in [7, 11) is 0. The van der Waals surface area contributed by atoms with Crippen LogP contribution in [0.15, 0.2) is 0 Å². The van der Waals surface area contributed by atoms with Crippen LogP contribution in [0.5, 0.6) is 0 Å². The largest absolute Gasteiger partial charge is 2.00 e. The van der Waals surface area contributed by atoms with Crippen molar-refractivity contribution in [2.24, 2.45) is 0 Å². The summed E-state index contributed by atoms with van der Waals surface area (Å²) in [5.41, 5.74) is 0. The number of Topliss-reactive ketones (excluding diaryl/α,β-unsaturated/α-hetero) is 1. The van der Waals surface area contributed by atoms with Crippen LogP contribution in [0.25, 0.3) is 0 Å². The van der Waals surface area contributed by atoms with Crippen molar-refractivity contribution in [2.45, 2.75) is 45.3 Å². The van der Waals surface area contributed by atoms with Crippen LogP contribution < -0.4 is 0 Å². The fraction of sp³-hybridized carbons (Fsp3) is 0.583. The summed E-state index contributed by atoms with van der Waals surface area (Å²) in [5, 5.41) is 8.85. The van der Waals surface area contributed by atoms with Crippen molar-refractivity contribution in [3.05, 3.63) is 20.0 Å². The molecule has 0 fully saturated rings. The molecule has 0 aromatic carbocycles. The molecule has 0 aliphatic carbocycles. The average Bonchev–Trinajstić information content (AvgIpc) is 2.45. The summed E-state index contributed by atoms with van der Waals surface area (Å²) in [6.07, 6.45) is 0.456. The summed E-state index contributed by atoms with van der Waals surface area (Å²) >= 11 is 0. The quantitative estimate of drug-likeness (QED) is 0.414. The Hall–Kier alpha value is -1.16. The van der Waals surface area contributed by atoms with E-state index in [0.717, 1.165) is 0 Å². The number of ketones is 1. The van der Waals surface area contributed by atoms with Crippen LogP contribution in [0.1, 0.15) is 33.1 Å². The number of hydrogen-bond donors (Lipinski definition) is 1. The zero-order valence-electron chi connectivity index (χ0n) is 11.0. The van der Waals surface area contributed by atoms with Gasteiger partial charge in [-0.25, -0.2) is 0 Å². The Bertz CT molecular complexity index is 256. The maximum absolute atomic E-state index is 10.9. The first kappa shape index (κ1) is 31.3. The Morgan fingerprint density at radius 2 is 1.60 bits per heavy atom. The van der Waals surface area contributed by atoms with Gasteiger partial charge in [0.1, 0.15) is 6.10 Å². The maximum Gasteiger partial charge on any atom is 2.00 e. The summed E-state index contributed by atoms with van der Waals surface area (Å²) in [5.74, 6) is -0.178. The molecule has 20 heavy (non-hydrogen) atoms. The molecule has 0 bridgehead atoms. The normalized spacial score (nSPS) is 9.85. The molecule has 0 saturated carbocycles. The van der Waals surface area contributed by atoms with Gasteiger partial charge in [-0.15, -0.1) is 0 Å². The van der Waals surface area contributed by atoms with Crippen molar-refractivity contribution in [3.8, 4) is 0 Å². The summed E-state index contributed by atoms with van der Waals surface area (Å²) in [6, 6.07) is 0. The Kier molecular flexibility index (Phi) is 48.0. The fourth-order valence-corrected chi connectivity index (χ4v) is 0.914. The Balaban J connectivity index is -0.0000000940. The third-order valence-electron chi connectivity index (χ3n) is 1.75. The first-order chi connectivity index (χ1) is 9.07. The van der Waals surface area contributed by atoms with E-state index in [1.807, 2.05) is 0 Å². The van der Waals surface area contributed by atoms with Gasteiger partial charge in [0.15, 0.2) is 5.78 Å². The number of hydrogen-bond acceptors (Lipinski definition) is 4. The predicted molar refractivity (Wildman–Crippen MR) is 58.6 cm³/mol. The van der Waals surface area contributed by atoms with Gasteiger partial charge in [-0.1, -0.05) is 6.47 Å². The molecular weight excluding hydrogens is 312 g/mol. The third kappa shape index (κ3) is 30.1. The van der Waals surface area contributed by atoms with Gasteiger partial charge in [-0.2, -0.15) is 0 Å². The fourth-order valence-electron chi connectivity index (χ4n) is 0.914. The van der Waals surface area contributed by atoms with Crippen molar-refractivity contribution in [3.63, 3.8) is 0 Å². The van der Waals surface area contributed by atoms with E-state index >= 15 is 0 Å². The predicted octanol–water partition coefficient (Wildman–Crippen LogP) is 0.464. The molecular formula is C12H15FeO7+. The van der Waals surface area contributed by atoms with Gasteiger partial charge in [0.25, 0.3) is 0 Å². The molecule has 0 saturated heterocycles. The van der Waals surface area contributed by atoms with Gasteiger partial charge in [0, 0.05) is 6.42 Å². The number of aliphatic hydroxyl groups excluding tert-OH is 1. The SMILES string of the molecule is C[C@H](CCCC(=O)[C@@H](C)O)O[C-]=O.[C-]#[O+].[C-]#[O+].[C-]#[O+].[Fe+2]. The Labute approximate surface area is 128 Å². The summed E-state index contributed by atoms with van der Waals surface area (Å²) in [4.78, 5) is 20.7. The topological polar surface area (TPSA) is 123 Å².